The highest BCUT2D eigenvalue weighted by Gasteiger charge is 2.46. The number of methoxy groups -OCH3 is 1. The van der Waals surface area contributed by atoms with E-state index in [1.54, 1.807) is 12.1 Å². The van der Waals surface area contributed by atoms with E-state index >= 15 is 0 Å². The van der Waals surface area contributed by atoms with Crippen molar-refractivity contribution in [2.75, 3.05) is 7.11 Å². The number of ketones is 1. The zero-order valence-electron chi connectivity index (χ0n) is 14.1. The van der Waals surface area contributed by atoms with E-state index in [0.717, 1.165) is 5.56 Å². The van der Waals surface area contributed by atoms with Crippen molar-refractivity contribution in [3.63, 3.8) is 0 Å². The van der Waals surface area contributed by atoms with Crippen LogP contribution in [-0.2, 0) is 14.9 Å². The van der Waals surface area contributed by atoms with Crippen molar-refractivity contribution in [3.8, 4) is 0 Å². The van der Waals surface area contributed by atoms with Gasteiger partial charge < -0.3 is 4.74 Å². The summed E-state index contributed by atoms with van der Waals surface area (Å²) >= 11 is 0. The summed E-state index contributed by atoms with van der Waals surface area (Å²) in [5.41, 5.74) is 0.604. The minimum atomic E-state index is -0.601. The molecule has 116 valence electrons. The minimum Gasteiger partial charge on any atom is -0.465 e. The van der Waals surface area contributed by atoms with Crippen LogP contribution in [-0.4, -0.2) is 18.9 Å². The van der Waals surface area contributed by atoms with Gasteiger partial charge in [-0.2, -0.15) is 0 Å². The first-order valence-electron chi connectivity index (χ1n) is 7.29. The molecule has 0 aromatic heterocycles. The van der Waals surface area contributed by atoms with Gasteiger partial charge in [-0.3, -0.25) is 4.79 Å². The van der Waals surface area contributed by atoms with Gasteiger partial charge in [-0.25, -0.2) is 4.79 Å². The third kappa shape index (κ3) is 3.17. The maximum atomic E-state index is 12.8. The smallest absolute Gasteiger partial charge is 0.337 e. The van der Waals surface area contributed by atoms with Crippen LogP contribution in [0.5, 0.6) is 0 Å². The van der Waals surface area contributed by atoms with Crippen molar-refractivity contribution in [1.82, 2.24) is 0 Å². The monoisotopic (exact) mass is 290 g/mol. The van der Waals surface area contributed by atoms with E-state index in [-0.39, 0.29) is 23.1 Å². The Bertz CT molecular complexity index is 520. The quantitative estimate of drug-likeness (QED) is 0.787. The van der Waals surface area contributed by atoms with Gasteiger partial charge in [-0.05, 0) is 30.0 Å². The molecule has 1 aromatic rings. The molecular formula is C18H26O3. The van der Waals surface area contributed by atoms with Crippen LogP contribution in [0.25, 0.3) is 0 Å². The summed E-state index contributed by atoms with van der Waals surface area (Å²) in [5.74, 6) is -0.204. The van der Waals surface area contributed by atoms with Crippen molar-refractivity contribution >= 4 is 11.8 Å². The maximum absolute atomic E-state index is 12.8. The molecule has 0 amide bonds. The van der Waals surface area contributed by atoms with Gasteiger partial charge in [0.1, 0.15) is 5.78 Å². The van der Waals surface area contributed by atoms with E-state index in [2.05, 4.69) is 20.8 Å². The summed E-state index contributed by atoms with van der Waals surface area (Å²) in [6.07, 6.45) is 0. The van der Waals surface area contributed by atoms with E-state index in [9.17, 15) is 9.59 Å². The third-order valence-corrected chi connectivity index (χ3v) is 4.40. The van der Waals surface area contributed by atoms with E-state index < -0.39 is 5.41 Å². The molecule has 1 rings (SSSR count). The average Bonchev–Trinajstić information content (AvgIpc) is 2.43. The molecule has 0 N–H and O–H groups in total. The Morgan fingerprint density at radius 2 is 1.48 bits per heavy atom. The predicted molar refractivity (Wildman–Crippen MR) is 84.4 cm³/mol. The Kier molecular flexibility index (Phi) is 4.98. The predicted octanol–water partition coefficient (Wildman–Crippen LogP) is 4.00. The molecule has 0 saturated heterocycles. The first kappa shape index (κ1) is 17.4. The molecule has 3 heteroatoms. The number of esters is 1. The van der Waals surface area contributed by atoms with Gasteiger partial charge >= 0.3 is 5.97 Å². The molecule has 0 fully saturated rings. The van der Waals surface area contributed by atoms with E-state index in [0.29, 0.717) is 5.56 Å². The number of hydrogen-bond donors (Lipinski definition) is 0. The van der Waals surface area contributed by atoms with Crippen LogP contribution in [0.15, 0.2) is 24.3 Å². The van der Waals surface area contributed by atoms with Crippen molar-refractivity contribution in [2.45, 2.75) is 47.0 Å². The molecule has 0 spiro atoms. The van der Waals surface area contributed by atoms with Crippen molar-refractivity contribution < 1.29 is 14.3 Å². The van der Waals surface area contributed by atoms with Crippen molar-refractivity contribution in [2.24, 2.45) is 11.3 Å². The van der Waals surface area contributed by atoms with E-state index in [4.69, 9.17) is 4.74 Å². The second-order valence-electron chi connectivity index (χ2n) is 6.96. The average molecular weight is 290 g/mol. The molecule has 0 saturated carbocycles. The molecule has 1 aromatic carbocycles. The largest absolute Gasteiger partial charge is 0.465 e. The topological polar surface area (TPSA) is 43.4 Å². The Labute approximate surface area is 127 Å². The van der Waals surface area contributed by atoms with Crippen LogP contribution in [0.4, 0.5) is 0 Å². The SMILES string of the molecule is COC(=O)c1ccc(C(C)(C(=O)C(C)C)C(C)(C)C)cc1. The fraction of sp³-hybridized carbons (Fsp3) is 0.556. The molecule has 0 aliphatic carbocycles. The van der Waals surface area contributed by atoms with E-state index in [1.165, 1.54) is 7.11 Å². The third-order valence-electron chi connectivity index (χ3n) is 4.40. The molecule has 0 aliphatic rings. The van der Waals surface area contributed by atoms with Gasteiger partial charge in [-0.1, -0.05) is 46.8 Å². The Morgan fingerprint density at radius 3 is 1.81 bits per heavy atom. The Hall–Kier alpha value is -1.64. The highest BCUT2D eigenvalue weighted by Crippen LogP contribution is 2.43. The van der Waals surface area contributed by atoms with Gasteiger partial charge in [0.15, 0.2) is 0 Å². The van der Waals surface area contributed by atoms with Gasteiger partial charge in [0.05, 0.1) is 18.1 Å². The fourth-order valence-corrected chi connectivity index (χ4v) is 2.58. The molecular weight excluding hydrogens is 264 g/mol. The first-order chi connectivity index (χ1) is 9.55. The number of carbonyl (C=O) groups is 2. The number of ether oxygens (including phenoxy) is 1. The highest BCUT2D eigenvalue weighted by molar-refractivity contribution is 5.93. The van der Waals surface area contributed by atoms with Crippen molar-refractivity contribution in [3.05, 3.63) is 35.4 Å². The van der Waals surface area contributed by atoms with Crippen LogP contribution in [0.1, 0.15) is 57.5 Å². The Morgan fingerprint density at radius 1 is 1.00 bits per heavy atom. The number of carbonyl (C=O) groups excluding carboxylic acids is 2. The lowest BCUT2D eigenvalue weighted by molar-refractivity contribution is -0.130. The minimum absolute atomic E-state index is 0.0468. The summed E-state index contributed by atoms with van der Waals surface area (Å²) in [4.78, 5) is 24.3. The van der Waals surface area contributed by atoms with Gasteiger partial charge in [0, 0.05) is 5.92 Å². The number of Topliss-reactive ketones (excluding diaryl/α,β-unsaturated/α-hetero) is 1. The number of benzene rings is 1. The molecule has 1 atom stereocenters. The summed E-state index contributed by atoms with van der Waals surface area (Å²) in [6.45, 7) is 12.1. The highest BCUT2D eigenvalue weighted by atomic mass is 16.5. The van der Waals surface area contributed by atoms with Crippen LogP contribution in [0.3, 0.4) is 0 Å². The van der Waals surface area contributed by atoms with E-state index in [1.807, 2.05) is 32.9 Å². The Balaban J connectivity index is 3.35. The normalized spacial score (nSPS) is 14.7. The molecule has 0 aliphatic heterocycles. The summed E-state index contributed by atoms with van der Waals surface area (Å²) in [5, 5.41) is 0. The van der Waals surface area contributed by atoms with Crippen LogP contribution >= 0.6 is 0 Å². The molecule has 1 unspecified atom stereocenters. The zero-order chi connectivity index (χ0) is 16.4. The van der Waals surface area contributed by atoms with Crippen molar-refractivity contribution in [1.29, 1.82) is 0 Å². The van der Waals surface area contributed by atoms with Crippen LogP contribution in [0.2, 0.25) is 0 Å². The standard InChI is InChI=1S/C18H26O3/c1-12(2)15(19)18(6,17(3,4)5)14-10-8-13(9-11-14)16(20)21-7/h8-12H,1-7H3. The zero-order valence-corrected chi connectivity index (χ0v) is 14.1. The summed E-state index contributed by atoms with van der Waals surface area (Å²) in [7, 11) is 1.36. The van der Waals surface area contributed by atoms with Crippen LogP contribution in [0, 0.1) is 11.3 Å². The molecule has 0 bridgehead atoms. The van der Waals surface area contributed by atoms with Crippen LogP contribution < -0.4 is 0 Å². The maximum Gasteiger partial charge on any atom is 0.337 e. The molecule has 21 heavy (non-hydrogen) atoms. The number of rotatable bonds is 4. The number of hydrogen-bond acceptors (Lipinski definition) is 3. The van der Waals surface area contributed by atoms with Gasteiger partial charge in [-0.15, -0.1) is 0 Å². The molecule has 3 nitrogen and oxygen atoms in total. The van der Waals surface area contributed by atoms with Gasteiger partial charge in [0.25, 0.3) is 0 Å². The summed E-state index contributed by atoms with van der Waals surface area (Å²) < 4.78 is 4.71. The molecule has 0 heterocycles. The first-order valence-corrected chi connectivity index (χ1v) is 7.29. The lowest BCUT2D eigenvalue weighted by atomic mass is 9.60. The molecule has 0 radical (unpaired) electrons. The van der Waals surface area contributed by atoms with Gasteiger partial charge in [0.2, 0.25) is 0 Å². The lowest BCUT2D eigenvalue weighted by Gasteiger charge is -2.42. The summed E-state index contributed by atoms with van der Waals surface area (Å²) in [6, 6.07) is 7.16. The second kappa shape index (κ2) is 6.00. The second-order valence-corrected chi connectivity index (χ2v) is 6.96. The fourth-order valence-electron chi connectivity index (χ4n) is 2.58. The lowest BCUT2D eigenvalue weighted by Crippen LogP contribution is -2.46.